The molecule has 1 amide bonds. The number of benzene rings is 4. The number of hydrogen-bond donors (Lipinski definition) is 2. The summed E-state index contributed by atoms with van der Waals surface area (Å²) < 4.78 is 28.1. The fourth-order valence-electron chi connectivity index (χ4n) is 3.55. The lowest BCUT2D eigenvalue weighted by molar-refractivity contribution is 0.0943. The second kappa shape index (κ2) is 10.1. The van der Waals surface area contributed by atoms with Crippen LogP contribution in [0.15, 0.2) is 108 Å². The average molecular weight is 491 g/mol. The Kier molecular flexibility index (Phi) is 7.01. The van der Waals surface area contributed by atoms with Crippen LogP contribution < -0.4 is 10.0 Å². The number of aryl methyl sites for hydroxylation is 1. The van der Waals surface area contributed by atoms with Crippen molar-refractivity contribution in [2.24, 2.45) is 0 Å². The van der Waals surface area contributed by atoms with Gasteiger partial charge in [-0.15, -0.1) is 0 Å². The van der Waals surface area contributed by atoms with Crippen molar-refractivity contribution in [3.8, 4) is 0 Å². The zero-order chi connectivity index (χ0) is 24.1. The van der Waals surface area contributed by atoms with Crippen LogP contribution in [0.5, 0.6) is 0 Å². The second-order valence-electron chi connectivity index (χ2n) is 7.84. The highest BCUT2D eigenvalue weighted by molar-refractivity contribution is 7.92. The summed E-state index contributed by atoms with van der Waals surface area (Å²) in [7, 11) is -3.82. The van der Waals surface area contributed by atoms with E-state index in [0.717, 1.165) is 16.7 Å². The molecule has 4 aromatic rings. The van der Waals surface area contributed by atoms with Crippen LogP contribution in [0.2, 0.25) is 5.02 Å². The van der Waals surface area contributed by atoms with Crippen LogP contribution in [0.4, 0.5) is 5.69 Å². The van der Waals surface area contributed by atoms with Gasteiger partial charge in [0.1, 0.15) is 0 Å². The molecule has 0 spiro atoms. The molecule has 0 aliphatic rings. The number of carbonyl (C=O) groups is 1. The zero-order valence-electron chi connectivity index (χ0n) is 18.4. The quantitative estimate of drug-likeness (QED) is 0.335. The Labute approximate surface area is 204 Å². The van der Waals surface area contributed by atoms with Gasteiger partial charge in [0, 0.05) is 5.69 Å². The van der Waals surface area contributed by atoms with Crippen molar-refractivity contribution < 1.29 is 13.2 Å². The lowest BCUT2D eigenvalue weighted by atomic mass is 9.98. The lowest BCUT2D eigenvalue weighted by Gasteiger charge is -2.20. The maximum absolute atomic E-state index is 13.3. The molecule has 0 saturated heterocycles. The number of carbonyl (C=O) groups excluding carboxylic acids is 1. The van der Waals surface area contributed by atoms with Gasteiger partial charge in [-0.05, 0) is 48.4 Å². The van der Waals surface area contributed by atoms with E-state index in [4.69, 9.17) is 11.6 Å². The van der Waals surface area contributed by atoms with Crippen molar-refractivity contribution >= 4 is 33.2 Å². The van der Waals surface area contributed by atoms with Crippen molar-refractivity contribution in [1.29, 1.82) is 0 Å². The van der Waals surface area contributed by atoms with Crippen LogP contribution in [0.25, 0.3) is 0 Å². The molecule has 0 aromatic heterocycles. The van der Waals surface area contributed by atoms with Gasteiger partial charge in [0.05, 0.1) is 21.5 Å². The van der Waals surface area contributed by atoms with E-state index in [9.17, 15) is 13.2 Å². The molecule has 2 N–H and O–H groups in total. The first-order chi connectivity index (χ1) is 16.3. The Morgan fingerprint density at radius 1 is 0.794 bits per heavy atom. The largest absolute Gasteiger partial charge is 0.341 e. The second-order valence-corrected chi connectivity index (χ2v) is 9.93. The molecule has 0 saturated carbocycles. The van der Waals surface area contributed by atoms with Crippen molar-refractivity contribution in [2.75, 3.05) is 4.72 Å². The topological polar surface area (TPSA) is 75.3 Å². The molecule has 7 heteroatoms. The highest BCUT2D eigenvalue weighted by Crippen LogP contribution is 2.26. The molecular weight excluding hydrogens is 468 g/mol. The van der Waals surface area contributed by atoms with Gasteiger partial charge in [-0.1, -0.05) is 90.0 Å². The van der Waals surface area contributed by atoms with Gasteiger partial charge in [0.25, 0.3) is 15.9 Å². The summed E-state index contributed by atoms with van der Waals surface area (Å²) in [6.07, 6.45) is 0. The predicted molar refractivity (Wildman–Crippen MR) is 136 cm³/mol. The van der Waals surface area contributed by atoms with Gasteiger partial charge < -0.3 is 5.32 Å². The minimum atomic E-state index is -3.82. The third-order valence-electron chi connectivity index (χ3n) is 5.34. The molecule has 0 unspecified atom stereocenters. The first kappa shape index (κ1) is 23.5. The summed E-state index contributed by atoms with van der Waals surface area (Å²) in [4.78, 5) is 13.4. The van der Waals surface area contributed by atoms with Gasteiger partial charge in [-0.25, -0.2) is 8.42 Å². The minimum absolute atomic E-state index is 0.132. The number of sulfonamides is 1. The SMILES string of the molecule is Cc1ccc(S(=O)(=O)Nc2ccc(Cl)c(C(=O)NC(c3ccccc3)c3ccccc3)c2)cc1. The lowest BCUT2D eigenvalue weighted by Crippen LogP contribution is -2.29. The van der Waals surface area contributed by atoms with E-state index in [2.05, 4.69) is 10.0 Å². The van der Waals surface area contributed by atoms with Crippen LogP contribution in [0.1, 0.15) is 33.1 Å². The third-order valence-corrected chi connectivity index (χ3v) is 7.06. The monoisotopic (exact) mass is 490 g/mol. The smallest absolute Gasteiger partial charge is 0.261 e. The Morgan fingerprint density at radius 2 is 1.35 bits per heavy atom. The summed E-state index contributed by atoms with van der Waals surface area (Å²) in [6, 6.07) is 29.8. The number of nitrogens with one attached hydrogen (secondary N) is 2. The van der Waals surface area contributed by atoms with E-state index in [1.807, 2.05) is 67.6 Å². The van der Waals surface area contributed by atoms with Gasteiger partial charge in [-0.2, -0.15) is 0 Å². The summed E-state index contributed by atoms with van der Waals surface area (Å²) in [5.74, 6) is -0.418. The summed E-state index contributed by atoms with van der Waals surface area (Å²) in [5, 5.41) is 3.25. The van der Waals surface area contributed by atoms with E-state index >= 15 is 0 Å². The van der Waals surface area contributed by atoms with E-state index in [0.29, 0.717) is 0 Å². The molecule has 0 fully saturated rings. The van der Waals surface area contributed by atoms with Crippen LogP contribution >= 0.6 is 11.6 Å². The molecular formula is C27H23ClN2O3S. The van der Waals surface area contributed by atoms with Gasteiger partial charge >= 0.3 is 0 Å². The zero-order valence-corrected chi connectivity index (χ0v) is 20.0. The fourth-order valence-corrected chi connectivity index (χ4v) is 4.81. The number of rotatable bonds is 7. The molecule has 4 aromatic carbocycles. The Balaban J connectivity index is 1.62. The van der Waals surface area contributed by atoms with Crippen LogP contribution in [0.3, 0.4) is 0 Å². The van der Waals surface area contributed by atoms with Crippen LogP contribution in [-0.2, 0) is 10.0 Å². The highest BCUT2D eigenvalue weighted by atomic mass is 35.5. The molecule has 0 heterocycles. The van der Waals surface area contributed by atoms with Gasteiger partial charge in [-0.3, -0.25) is 9.52 Å². The molecule has 0 atom stereocenters. The highest BCUT2D eigenvalue weighted by Gasteiger charge is 2.21. The maximum Gasteiger partial charge on any atom is 0.261 e. The summed E-state index contributed by atoms with van der Waals surface area (Å²) in [6.45, 7) is 1.88. The third kappa shape index (κ3) is 5.47. The van der Waals surface area contributed by atoms with Crippen molar-refractivity contribution in [1.82, 2.24) is 5.32 Å². The minimum Gasteiger partial charge on any atom is -0.341 e. The van der Waals surface area contributed by atoms with Gasteiger partial charge in [0.15, 0.2) is 0 Å². The first-order valence-electron chi connectivity index (χ1n) is 10.6. The molecule has 0 bridgehead atoms. The Hall–Kier alpha value is -3.61. The number of amides is 1. The predicted octanol–water partition coefficient (Wildman–Crippen LogP) is 5.97. The Bertz CT molecular complexity index is 1350. The number of halogens is 1. The van der Waals surface area contributed by atoms with E-state index < -0.39 is 22.0 Å². The number of hydrogen-bond acceptors (Lipinski definition) is 3. The molecule has 0 aliphatic heterocycles. The maximum atomic E-state index is 13.3. The molecule has 172 valence electrons. The van der Waals surface area contributed by atoms with Crippen molar-refractivity contribution in [2.45, 2.75) is 17.9 Å². The van der Waals surface area contributed by atoms with Gasteiger partial charge in [0.2, 0.25) is 0 Å². The molecule has 34 heavy (non-hydrogen) atoms. The summed E-state index contributed by atoms with van der Waals surface area (Å²) in [5.41, 5.74) is 3.19. The van der Waals surface area contributed by atoms with Crippen molar-refractivity contribution in [3.63, 3.8) is 0 Å². The van der Waals surface area contributed by atoms with Crippen LogP contribution in [0, 0.1) is 6.92 Å². The van der Waals surface area contributed by atoms with E-state index in [1.54, 1.807) is 12.1 Å². The molecule has 5 nitrogen and oxygen atoms in total. The Morgan fingerprint density at radius 3 is 1.91 bits per heavy atom. The normalized spacial score (nSPS) is 11.3. The van der Waals surface area contributed by atoms with E-state index in [-0.39, 0.29) is 21.2 Å². The number of anilines is 1. The first-order valence-corrected chi connectivity index (χ1v) is 12.5. The molecule has 0 aliphatic carbocycles. The van der Waals surface area contributed by atoms with E-state index in [1.165, 1.54) is 30.3 Å². The average Bonchev–Trinajstić information content (AvgIpc) is 2.85. The fraction of sp³-hybridized carbons (Fsp3) is 0.0741. The molecule has 4 rings (SSSR count). The van der Waals surface area contributed by atoms with Crippen molar-refractivity contribution in [3.05, 3.63) is 130 Å². The molecule has 0 radical (unpaired) electrons. The van der Waals surface area contributed by atoms with Crippen LogP contribution in [-0.4, -0.2) is 14.3 Å². The summed E-state index contributed by atoms with van der Waals surface area (Å²) >= 11 is 6.33. The standard InChI is InChI=1S/C27H23ClN2O3S/c1-19-12-15-23(16-13-19)34(32,33)30-22-14-17-25(28)24(18-22)27(31)29-26(20-8-4-2-5-9-20)21-10-6-3-7-11-21/h2-18,26,30H,1H3,(H,29,31).